The van der Waals surface area contributed by atoms with Crippen molar-refractivity contribution in [3.8, 4) is 11.9 Å². The molecule has 1 unspecified atom stereocenters. The van der Waals surface area contributed by atoms with E-state index in [9.17, 15) is 0 Å². The lowest BCUT2D eigenvalue weighted by molar-refractivity contribution is 0.249. The molecular weight excluding hydrogens is 352 g/mol. The minimum atomic E-state index is -0.0150. The summed E-state index contributed by atoms with van der Waals surface area (Å²) in [5.41, 5.74) is 2.27. The Kier molecular flexibility index (Phi) is 4.63. The first-order valence-corrected chi connectivity index (χ1v) is 9.54. The third-order valence-corrected chi connectivity index (χ3v) is 4.99. The molecule has 0 radical (unpaired) electrons. The Morgan fingerprint density at radius 1 is 1.21 bits per heavy atom. The van der Waals surface area contributed by atoms with Crippen LogP contribution in [0.25, 0.3) is 5.65 Å². The van der Waals surface area contributed by atoms with E-state index in [4.69, 9.17) is 10.00 Å². The molecule has 0 amide bonds. The Morgan fingerprint density at radius 2 is 2.07 bits per heavy atom. The number of imidazole rings is 1. The fraction of sp³-hybridized carbons (Fsp3) is 0.429. The maximum absolute atomic E-state index is 9.02. The Balaban J connectivity index is 1.39. The molecule has 0 aliphatic carbocycles. The van der Waals surface area contributed by atoms with Gasteiger partial charge in [0.2, 0.25) is 5.88 Å². The van der Waals surface area contributed by atoms with E-state index in [1.807, 2.05) is 30.5 Å². The van der Waals surface area contributed by atoms with Crippen LogP contribution in [0.4, 0.5) is 5.82 Å². The van der Waals surface area contributed by atoms with Gasteiger partial charge in [-0.2, -0.15) is 5.26 Å². The van der Waals surface area contributed by atoms with Gasteiger partial charge in [0.15, 0.2) is 5.65 Å². The molecule has 1 aliphatic heterocycles. The van der Waals surface area contributed by atoms with Crippen LogP contribution in [0.15, 0.2) is 36.5 Å². The molecule has 4 rings (SSSR count). The van der Waals surface area contributed by atoms with Crippen molar-refractivity contribution in [2.24, 2.45) is 5.92 Å². The SMILES string of the molecule is CC(C)(C)c1cn2nc(OCC3CCN(c4cccc(C#N)n4)C3)ccc2n1. The van der Waals surface area contributed by atoms with E-state index in [-0.39, 0.29) is 5.41 Å². The molecule has 7 heteroatoms. The number of nitrogens with zero attached hydrogens (tertiary/aromatic N) is 6. The maximum atomic E-state index is 9.02. The van der Waals surface area contributed by atoms with Crippen LogP contribution in [-0.4, -0.2) is 39.3 Å². The van der Waals surface area contributed by atoms with Crippen molar-refractivity contribution in [2.75, 3.05) is 24.6 Å². The van der Waals surface area contributed by atoms with E-state index in [1.165, 1.54) is 0 Å². The number of aromatic nitrogens is 4. The van der Waals surface area contributed by atoms with Crippen LogP contribution < -0.4 is 9.64 Å². The van der Waals surface area contributed by atoms with Crippen LogP contribution >= 0.6 is 0 Å². The Morgan fingerprint density at radius 3 is 2.86 bits per heavy atom. The molecule has 28 heavy (non-hydrogen) atoms. The average Bonchev–Trinajstić information content (AvgIpc) is 3.33. The summed E-state index contributed by atoms with van der Waals surface area (Å²) in [7, 11) is 0. The predicted molar refractivity (Wildman–Crippen MR) is 106 cm³/mol. The topological polar surface area (TPSA) is 79.3 Å². The van der Waals surface area contributed by atoms with Crippen LogP contribution in [-0.2, 0) is 5.41 Å². The Hall–Kier alpha value is -3.14. The highest BCUT2D eigenvalue weighted by Gasteiger charge is 2.24. The lowest BCUT2D eigenvalue weighted by Gasteiger charge is -2.17. The summed E-state index contributed by atoms with van der Waals surface area (Å²) in [6, 6.07) is 11.5. The second kappa shape index (κ2) is 7.12. The minimum Gasteiger partial charge on any atom is -0.476 e. The molecule has 1 aliphatic rings. The molecule has 1 atom stereocenters. The van der Waals surface area contributed by atoms with Gasteiger partial charge < -0.3 is 9.64 Å². The van der Waals surface area contributed by atoms with E-state index >= 15 is 0 Å². The predicted octanol–water partition coefficient (Wildman–Crippen LogP) is 3.20. The van der Waals surface area contributed by atoms with Crippen molar-refractivity contribution in [1.29, 1.82) is 5.26 Å². The number of pyridine rings is 1. The monoisotopic (exact) mass is 376 g/mol. The van der Waals surface area contributed by atoms with Gasteiger partial charge in [0.25, 0.3) is 0 Å². The first-order valence-electron chi connectivity index (χ1n) is 9.54. The molecule has 1 fully saturated rings. The number of nitriles is 1. The van der Waals surface area contributed by atoms with Gasteiger partial charge in [0.1, 0.15) is 17.6 Å². The molecule has 1 saturated heterocycles. The number of rotatable bonds is 4. The molecule has 0 spiro atoms. The number of hydrogen-bond donors (Lipinski definition) is 0. The lowest BCUT2D eigenvalue weighted by atomic mass is 9.93. The van der Waals surface area contributed by atoms with E-state index < -0.39 is 0 Å². The summed E-state index contributed by atoms with van der Waals surface area (Å²) in [5.74, 6) is 1.86. The summed E-state index contributed by atoms with van der Waals surface area (Å²) in [5, 5.41) is 13.6. The van der Waals surface area contributed by atoms with Crippen molar-refractivity contribution in [2.45, 2.75) is 32.6 Å². The molecule has 0 aromatic carbocycles. The quantitative estimate of drug-likeness (QED) is 0.696. The zero-order valence-electron chi connectivity index (χ0n) is 16.5. The second-order valence-corrected chi connectivity index (χ2v) is 8.26. The molecule has 3 aromatic rings. The molecule has 3 aromatic heterocycles. The van der Waals surface area contributed by atoms with Gasteiger partial charge in [-0.1, -0.05) is 26.8 Å². The van der Waals surface area contributed by atoms with Gasteiger partial charge in [0.05, 0.1) is 18.5 Å². The summed E-state index contributed by atoms with van der Waals surface area (Å²) in [4.78, 5) is 11.2. The zero-order chi connectivity index (χ0) is 19.7. The number of ether oxygens (including phenoxy) is 1. The molecule has 0 saturated carbocycles. The van der Waals surface area contributed by atoms with Gasteiger partial charge in [-0.15, -0.1) is 5.10 Å². The minimum absolute atomic E-state index is 0.0150. The zero-order valence-corrected chi connectivity index (χ0v) is 16.5. The van der Waals surface area contributed by atoms with E-state index in [0.29, 0.717) is 24.1 Å². The summed E-state index contributed by atoms with van der Waals surface area (Å²) in [6.45, 7) is 8.80. The third-order valence-electron chi connectivity index (χ3n) is 4.99. The fourth-order valence-corrected chi connectivity index (χ4v) is 3.34. The third kappa shape index (κ3) is 3.77. The van der Waals surface area contributed by atoms with E-state index in [0.717, 1.165) is 36.7 Å². The van der Waals surface area contributed by atoms with Crippen LogP contribution in [0.5, 0.6) is 5.88 Å². The first-order chi connectivity index (χ1) is 13.4. The fourth-order valence-electron chi connectivity index (χ4n) is 3.34. The van der Waals surface area contributed by atoms with E-state index in [1.54, 1.807) is 10.6 Å². The second-order valence-electron chi connectivity index (χ2n) is 8.26. The highest BCUT2D eigenvalue weighted by atomic mass is 16.5. The number of hydrogen-bond acceptors (Lipinski definition) is 6. The highest BCUT2D eigenvalue weighted by Crippen LogP contribution is 2.24. The van der Waals surface area contributed by atoms with Crippen molar-refractivity contribution in [3.63, 3.8) is 0 Å². The molecular formula is C21H24N6O. The van der Waals surface area contributed by atoms with Crippen molar-refractivity contribution < 1.29 is 4.74 Å². The van der Waals surface area contributed by atoms with Gasteiger partial charge in [-0.3, -0.25) is 0 Å². The number of fused-ring (bicyclic) bond motifs is 1. The Labute approximate surface area is 164 Å². The van der Waals surface area contributed by atoms with Gasteiger partial charge in [0, 0.05) is 30.5 Å². The highest BCUT2D eigenvalue weighted by molar-refractivity contribution is 5.43. The van der Waals surface area contributed by atoms with Crippen molar-refractivity contribution in [3.05, 3.63) is 47.9 Å². The smallest absolute Gasteiger partial charge is 0.231 e. The summed E-state index contributed by atoms with van der Waals surface area (Å²) in [6.07, 6.45) is 2.99. The normalized spacial score (nSPS) is 17.1. The lowest BCUT2D eigenvalue weighted by Crippen LogP contribution is -2.23. The van der Waals surface area contributed by atoms with Gasteiger partial charge >= 0.3 is 0 Å². The Bertz CT molecular complexity index is 1030. The summed E-state index contributed by atoms with van der Waals surface area (Å²) >= 11 is 0. The van der Waals surface area contributed by atoms with Crippen LogP contribution in [0.2, 0.25) is 0 Å². The molecule has 0 N–H and O–H groups in total. The standard InChI is InChI=1S/C21H24N6O/c1-21(2,3)17-13-27-19(24-17)7-8-20(25-27)28-14-15-9-10-26(12-15)18-6-4-5-16(11-22)23-18/h4-8,13,15H,9-10,12,14H2,1-3H3. The van der Waals surface area contributed by atoms with Crippen LogP contribution in [0.1, 0.15) is 38.6 Å². The largest absolute Gasteiger partial charge is 0.476 e. The van der Waals surface area contributed by atoms with Crippen molar-refractivity contribution in [1.82, 2.24) is 19.6 Å². The molecule has 0 bridgehead atoms. The molecule has 4 heterocycles. The summed E-state index contributed by atoms with van der Waals surface area (Å²) < 4.78 is 7.75. The molecule has 144 valence electrons. The van der Waals surface area contributed by atoms with Crippen molar-refractivity contribution >= 4 is 11.5 Å². The molecule has 7 nitrogen and oxygen atoms in total. The maximum Gasteiger partial charge on any atom is 0.231 e. The number of anilines is 1. The van der Waals surface area contributed by atoms with Gasteiger partial charge in [-0.05, 0) is 24.6 Å². The van der Waals surface area contributed by atoms with Crippen LogP contribution in [0.3, 0.4) is 0 Å². The first kappa shape index (κ1) is 18.2. The van der Waals surface area contributed by atoms with Gasteiger partial charge in [-0.25, -0.2) is 14.5 Å². The van der Waals surface area contributed by atoms with Crippen LogP contribution in [0, 0.1) is 17.2 Å². The average molecular weight is 376 g/mol. The van der Waals surface area contributed by atoms with E-state index in [2.05, 4.69) is 46.8 Å².